The Kier molecular flexibility index (Phi) is 8.95. The van der Waals surface area contributed by atoms with E-state index in [1.54, 1.807) is 5.20 Å². The zero-order valence-electron chi connectivity index (χ0n) is 14.6. The maximum atomic E-state index is 5.55. The van der Waals surface area contributed by atoms with Crippen LogP contribution < -0.4 is 0 Å². The molecule has 22 heavy (non-hydrogen) atoms. The van der Waals surface area contributed by atoms with Gasteiger partial charge < -0.3 is 9.47 Å². The lowest BCUT2D eigenvalue weighted by atomic mass is 10.4. The molecule has 0 radical (unpaired) electrons. The number of hydrogen-bond acceptors (Lipinski definition) is 4. The summed E-state index contributed by atoms with van der Waals surface area (Å²) in [7, 11) is -0.0112. The van der Waals surface area contributed by atoms with Gasteiger partial charge in [-0.25, -0.2) is 0 Å². The van der Waals surface area contributed by atoms with Crippen LogP contribution in [0.5, 0.6) is 0 Å². The van der Waals surface area contributed by atoms with Crippen LogP contribution in [0.2, 0.25) is 12.1 Å². The lowest BCUT2D eigenvalue weighted by Crippen LogP contribution is -2.58. The number of ether oxygens (including phenoxy) is 2. The minimum absolute atomic E-state index is 0.0609. The average molecular weight is 343 g/mol. The summed E-state index contributed by atoms with van der Waals surface area (Å²) in [6, 6.07) is 3.01. The lowest BCUT2D eigenvalue weighted by Gasteiger charge is -2.43. The summed E-state index contributed by atoms with van der Waals surface area (Å²) in [6.45, 7) is 12.7. The fourth-order valence-electron chi connectivity index (χ4n) is 3.40. The Morgan fingerprint density at radius 3 is 2.05 bits per heavy atom. The molecule has 0 aromatic rings. The Balaban J connectivity index is 1.76. The third-order valence-corrected chi connectivity index (χ3v) is 9.47. The zero-order valence-corrected chi connectivity index (χ0v) is 17.4. The van der Waals surface area contributed by atoms with Crippen LogP contribution in [0.1, 0.15) is 20.3 Å². The Labute approximate surface area is 140 Å². The van der Waals surface area contributed by atoms with E-state index in [2.05, 4.69) is 29.7 Å². The van der Waals surface area contributed by atoms with Gasteiger partial charge in [0.15, 0.2) is 0 Å². The van der Waals surface area contributed by atoms with Gasteiger partial charge in [-0.1, -0.05) is 29.8 Å². The van der Waals surface area contributed by atoms with E-state index >= 15 is 0 Å². The van der Waals surface area contributed by atoms with E-state index in [9.17, 15) is 0 Å². The Morgan fingerprint density at radius 2 is 1.55 bits per heavy atom. The van der Waals surface area contributed by atoms with Crippen molar-refractivity contribution in [3.05, 3.63) is 11.3 Å². The van der Waals surface area contributed by atoms with Crippen LogP contribution in [0.25, 0.3) is 0 Å². The fraction of sp³-hybridized carbons (Fsp3) is 0.875. The first-order valence-electron chi connectivity index (χ1n) is 9.06. The van der Waals surface area contributed by atoms with E-state index in [-0.39, 0.29) is 19.0 Å². The third-order valence-electron chi connectivity index (χ3n) is 4.96. The Bertz CT molecular complexity index is 312. The Hall–Kier alpha value is 0.0138. The molecule has 128 valence electrons. The zero-order chi connectivity index (χ0) is 15.6. The van der Waals surface area contributed by atoms with Gasteiger partial charge in [0.2, 0.25) is 0 Å². The van der Waals surface area contributed by atoms with Crippen molar-refractivity contribution in [1.82, 2.24) is 9.80 Å². The number of hydrogen-bond donors (Lipinski definition) is 0. The first kappa shape index (κ1) is 18.4. The first-order valence-corrected chi connectivity index (χ1v) is 12.6. The van der Waals surface area contributed by atoms with Crippen LogP contribution in [-0.2, 0) is 9.47 Å². The highest BCUT2D eigenvalue weighted by Gasteiger charge is 2.27. The molecule has 2 aliphatic heterocycles. The average Bonchev–Trinajstić information content (AvgIpc) is 2.59. The minimum atomic E-state index is -0.0721. The second-order valence-electron chi connectivity index (χ2n) is 6.51. The molecule has 0 aliphatic carbocycles. The number of allylic oxidation sites excluding steroid dienone is 2. The molecule has 2 saturated heterocycles. The molecule has 0 aromatic heterocycles. The summed E-state index contributed by atoms with van der Waals surface area (Å²) in [5.74, 6) is 0.747. The molecule has 2 heterocycles. The summed E-state index contributed by atoms with van der Waals surface area (Å²) >= 11 is 0. The molecule has 0 saturated carbocycles. The standard InChI is InChI=1S/C16H34N2O2Si2/c1-3-15(2)21-13-4-14-22-16(17-5-9-19-10-6-17)18-7-11-20-12-8-18/h3,16H,4-14,21-22H2,1-2H3. The van der Waals surface area contributed by atoms with Crippen molar-refractivity contribution >= 4 is 19.0 Å². The van der Waals surface area contributed by atoms with Crippen LogP contribution in [0.3, 0.4) is 0 Å². The molecule has 0 N–H and O–H groups in total. The normalized spacial score (nSPS) is 23.5. The summed E-state index contributed by atoms with van der Waals surface area (Å²) in [6.07, 6.45) is 3.78. The molecule has 0 atom stereocenters. The van der Waals surface area contributed by atoms with E-state index in [0.29, 0.717) is 0 Å². The topological polar surface area (TPSA) is 24.9 Å². The van der Waals surface area contributed by atoms with Gasteiger partial charge in [-0.3, -0.25) is 9.80 Å². The quantitative estimate of drug-likeness (QED) is 0.472. The number of morpholine rings is 2. The van der Waals surface area contributed by atoms with Crippen molar-refractivity contribution in [2.24, 2.45) is 0 Å². The van der Waals surface area contributed by atoms with E-state index in [1.807, 2.05) is 0 Å². The molecule has 2 rings (SSSR count). The van der Waals surface area contributed by atoms with Crippen molar-refractivity contribution in [3.63, 3.8) is 0 Å². The highest BCUT2D eigenvalue weighted by molar-refractivity contribution is 6.45. The van der Waals surface area contributed by atoms with Crippen molar-refractivity contribution in [1.29, 1.82) is 0 Å². The van der Waals surface area contributed by atoms with E-state index in [0.717, 1.165) is 58.4 Å². The van der Waals surface area contributed by atoms with Gasteiger partial charge in [0.1, 0.15) is 0 Å². The Morgan fingerprint density at radius 1 is 1.00 bits per heavy atom. The van der Waals surface area contributed by atoms with Crippen LogP contribution in [0, 0.1) is 0 Å². The largest absolute Gasteiger partial charge is 0.379 e. The third kappa shape index (κ3) is 6.25. The second kappa shape index (κ2) is 10.7. The van der Waals surface area contributed by atoms with E-state index < -0.39 is 0 Å². The molecule has 4 nitrogen and oxygen atoms in total. The predicted octanol–water partition coefficient (Wildman–Crippen LogP) is 0.422. The van der Waals surface area contributed by atoms with Crippen molar-refractivity contribution in [3.8, 4) is 0 Å². The van der Waals surface area contributed by atoms with Gasteiger partial charge in [0.05, 0.1) is 35.9 Å². The summed E-state index contributed by atoms with van der Waals surface area (Å²) in [5, 5.41) is 1.68. The smallest absolute Gasteiger partial charge is 0.0594 e. The van der Waals surface area contributed by atoms with Gasteiger partial charge in [0, 0.05) is 41.5 Å². The van der Waals surface area contributed by atoms with E-state index in [1.165, 1.54) is 18.5 Å². The molecule has 2 aliphatic rings. The molecule has 0 bridgehead atoms. The maximum absolute atomic E-state index is 5.55. The summed E-state index contributed by atoms with van der Waals surface area (Å²) < 4.78 is 11.1. The summed E-state index contributed by atoms with van der Waals surface area (Å²) in [4.78, 5) is 5.41. The van der Waals surface area contributed by atoms with Crippen molar-refractivity contribution < 1.29 is 9.47 Å². The molecule has 0 aromatic carbocycles. The van der Waals surface area contributed by atoms with Crippen LogP contribution >= 0.6 is 0 Å². The molecular formula is C16H34N2O2Si2. The van der Waals surface area contributed by atoms with E-state index in [4.69, 9.17) is 9.47 Å². The predicted molar refractivity (Wildman–Crippen MR) is 99.3 cm³/mol. The van der Waals surface area contributed by atoms with Crippen LogP contribution in [0.4, 0.5) is 0 Å². The van der Waals surface area contributed by atoms with Gasteiger partial charge in [-0.15, -0.1) is 0 Å². The lowest BCUT2D eigenvalue weighted by molar-refractivity contribution is -0.0392. The van der Waals surface area contributed by atoms with Gasteiger partial charge in [-0.2, -0.15) is 0 Å². The number of rotatable bonds is 8. The SMILES string of the molecule is CC=C(C)[SiH2]CCC[SiH2]C(N1CCOCC1)N1CCOCC1. The second-order valence-corrected chi connectivity index (χ2v) is 10.8. The molecule has 0 unspecified atom stereocenters. The molecular weight excluding hydrogens is 308 g/mol. The fourth-order valence-corrected chi connectivity index (χ4v) is 8.02. The number of nitrogens with zero attached hydrogens (tertiary/aromatic N) is 2. The van der Waals surface area contributed by atoms with Crippen LogP contribution in [-0.4, -0.2) is 87.2 Å². The van der Waals surface area contributed by atoms with Crippen molar-refractivity contribution in [2.75, 3.05) is 52.6 Å². The molecule has 2 fully saturated rings. The molecule has 0 spiro atoms. The minimum Gasteiger partial charge on any atom is -0.379 e. The monoisotopic (exact) mass is 342 g/mol. The highest BCUT2D eigenvalue weighted by Crippen LogP contribution is 2.13. The van der Waals surface area contributed by atoms with Gasteiger partial charge >= 0.3 is 0 Å². The van der Waals surface area contributed by atoms with Crippen molar-refractivity contribution in [2.45, 2.75) is 38.1 Å². The molecule has 6 heteroatoms. The van der Waals surface area contributed by atoms with Crippen LogP contribution in [0.15, 0.2) is 11.3 Å². The summed E-state index contributed by atoms with van der Waals surface area (Å²) in [5.41, 5.74) is 0. The molecule has 0 amide bonds. The highest BCUT2D eigenvalue weighted by atomic mass is 28.2. The first-order chi connectivity index (χ1) is 10.8. The van der Waals surface area contributed by atoms with Gasteiger partial charge in [0.25, 0.3) is 0 Å². The maximum Gasteiger partial charge on any atom is 0.0594 e. The van der Waals surface area contributed by atoms with Gasteiger partial charge in [-0.05, 0) is 13.8 Å².